The summed E-state index contributed by atoms with van der Waals surface area (Å²) < 4.78 is 0. The molecule has 1 unspecified atom stereocenters. The predicted molar refractivity (Wildman–Crippen MR) is 79.7 cm³/mol. The van der Waals surface area contributed by atoms with Gasteiger partial charge in [-0.2, -0.15) is 11.8 Å². The van der Waals surface area contributed by atoms with Crippen molar-refractivity contribution in [2.45, 2.75) is 5.25 Å². The highest BCUT2D eigenvalue weighted by atomic mass is 32.2. The maximum atomic E-state index is 10.5. The number of nitrogens with one attached hydrogen (secondary N) is 1. The molecule has 0 aliphatic carbocycles. The van der Waals surface area contributed by atoms with Crippen molar-refractivity contribution in [2.24, 2.45) is 4.99 Å². The zero-order valence-electron chi connectivity index (χ0n) is 10.6. The summed E-state index contributed by atoms with van der Waals surface area (Å²) in [6.07, 6.45) is 5.88. The van der Waals surface area contributed by atoms with Gasteiger partial charge in [-0.3, -0.25) is 15.1 Å². The minimum atomic E-state index is -0.400. The Bertz CT molecular complexity index is 511. The van der Waals surface area contributed by atoms with Crippen LogP contribution in [0.1, 0.15) is 5.56 Å². The Kier molecular flexibility index (Phi) is 4.57. The van der Waals surface area contributed by atoms with Crippen LogP contribution in [-0.2, 0) is 0 Å². The fourth-order valence-electron chi connectivity index (χ4n) is 1.69. The number of non-ortho nitro benzene ring substituents is 1. The number of nitrogens with zero attached hydrogens (tertiary/aromatic N) is 2. The first-order valence-electron chi connectivity index (χ1n) is 5.92. The number of amidine groups is 1. The third-order valence-electron chi connectivity index (χ3n) is 2.85. The van der Waals surface area contributed by atoms with Crippen LogP contribution in [0.5, 0.6) is 0 Å². The number of rotatable bonds is 4. The van der Waals surface area contributed by atoms with Gasteiger partial charge in [-0.05, 0) is 30.0 Å². The van der Waals surface area contributed by atoms with E-state index in [1.54, 1.807) is 12.1 Å². The maximum absolute atomic E-state index is 10.5. The normalized spacial score (nSPS) is 19.0. The Hall–Kier alpha value is -1.82. The summed E-state index contributed by atoms with van der Waals surface area (Å²) in [6, 6.07) is 6.45. The van der Waals surface area contributed by atoms with Gasteiger partial charge in [0.2, 0.25) is 0 Å². The van der Waals surface area contributed by atoms with Crippen molar-refractivity contribution in [2.75, 3.05) is 19.3 Å². The summed E-state index contributed by atoms with van der Waals surface area (Å²) in [5.41, 5.74) is 1.02. The van der Waals surface area contributed by atoms with Crippen LogP contribution in [0.15, 0.2) is 35.3 Å². The van der Waals surface area contributed by atoms with E-state index in [2.05, 4.69) is 16.6 Å². The van der Waals surface area contributed by atoms with Gasteiger partial charge >= 0.3 is 0 Å². The lowest BCUT2D eigenvalue weighted by Crippen LogP contribution is -2.36. The lowest BCUT2D eigenvalue weighted by molar-refractivity contribution is -0.384. The Labute approximate surface area is 116 Å². The van der Waals surface area contributed by atoms with Gasteiger partial charge in [-0.25, -0.2) is 0 Å². The minimum Gasteiger partial charge on any atom is -0.369 e. The molecule has 0 saturated heterocycles. The Balaban J connectivity index is 1.99. The van der Waals surface area contributed by atoms with Crippen molar-refractivity contribution in [3.63, 3.8) is 0 Å². The summed E-state index contributed by atoms with van der Waals surface area (Å²) in [5, 5.41) is 14.3. The van der Waals surface area contributed by atoms with Gasteiger partial charge in [0.25, 0.3) is 5.69 Å². The number of benzene rings is 1. The molecule has 1 N–H and O–H groups in total. The van der Waals surface area contributed by atoms with Crippen LogP contribution in [0, 0.1) is 10.1 Å². The summed E-state index contributed by atoms with van der Waals surface area (Å²) in [7, 11) is 0. The molecule has 1 aromatic rings. The van der Waals surface area contributed by atoms with E-state index in [1.165, 1.54) is 12.1 Å². The topological polar surface area (TPSA) is 67.5 Å². The molecule has 0 bridgehead atoms. The van der Waals surface area contributed by atoms with Crippen LogP contribution in [0.3, 0.4) is 0 Å². The molecule has 0 amide bonds. The molecule has 0 aromatic heterocycles. The van der Waals surface area contributed by atoms with Gasteiger partial charge in [-0.1, -0.05) is 6.08 Å². The molecule has 1 aliphatic rings. The highest BCUT2D eigenvalue weighted by molar-refractivity contribution is 7.99. The van der Waals surface area contributed by atoms with Crippen molar-refractivity contribution in [3.05, 3.63) is 46.0 Å². The molecular formula is C13H15N3O2S. The number of nitro groups is 1. The molecule has 2 rings (SSSR count). The first-order chi connectivity index (χ1) is 9.19. The van der Waals surface area contributed by atoms with E-state index in [1.807, 2.05) is 23.9 Å². The van der Waals surface area contributed by atoms with E-state index in [9.17, 15) is 10.1 Å². The maximum Gasteiger partial charge on any atom is 0.269 e. The number of aliphatic imine (C=N–C) groups is 1. The zero-order chi connectivity index (χ0) is 13.7. The van der Waals surface area contributed by atoms with Crippen LogP contribution in [0.25, 0.3) is 6.08 Å². The van der Waals surface area contributed by atoms with Crippen LogP contribution in [0.2, 0.25) is 0 Å². The van der Waals surface area contributed by atoms with Gasteiger partial charge in [0.05, 0.1) is 11.5 Å². The first kappa shape index (κ1) is 13.6. The average molecular weight is 277 g/mol. The second-order valence-corrected chi connectivity index (χ2v) is 5.28. The highest BCUT2D eigenvalue weighted by Crippen LogP contribution is 2.13. The van der Waals surface area contributed by atoms with Crippen molar-refractivity contribution in [1.82, 2.24) is 5.32 Å². The molecule has 19 heavy (non-hydrogen) atoms. The van der Waals surface area contributed by atoms with Gasteiger partial charge in [-0.15, -0.1) is 0 Å². The van der Waals surface area contributed by atoms with Crippen LogP contribution in [-0.4, -0.2) is 35.4 Å². The van der Waals surface area contributed by atoms with E-state index in [0.717, 1.165) is 24.5 Å². The third-order valence-corrected chi connectivity index (χ3v) is 3.83. The molecule has 1 heterocycles. The van der Waals surface area contributed by atoms with Crippen LogP contribution in [0.4, 0.5) is 5.69 Å². The first-order valence-corrected chi connectivity index (χ1v) is 7.21. The van der Waals surface area contributed by atoms with Crippen molar-refractivity contribution in [3.8, 4) is 0 Å². The van der Waals surface area contributed by atoms with E-state index in [0.29, 0.717) is 5.25 Å². The quantitative estimate of drug-likeness (QED) is 0.677. The molecule has 6 heteroatoms. The lowest BCUT2D eigenvalue weighted by Gasteiger charge is -2.19. The molecular weight excluding hydrogens is 262 g/mol. The largest absolute Gasteiger partial charge is 0.369 e. The van der Waals surface area contributed by atoms with E-state index in [-0.39, 0.29) is 5.69 Å². The third kappa shape index (κ3) is 3.82. The molecule has 0 spiro atoms. The summed E-state index contributed by atoms with van der Waals surface area (Å²) in [5.74, 6) is 0.864. The molecule has 100 valence electrons. The van der Waals surface area contributed by atoms with Crippen molar-refractivity contribution < 1.29 is 4.92 Å². The number of hydrogen-bond donors (Lipinski definition) is 1. The monoisotopic (exact) mass is 277 g/mol. The van der Waals surface area contributed by atoms with Gasteiger partial charge in [0, 0.05) is 23.9 Å². The molecule has 0 saturated carbocycles. The summed E-state index contributed by atoms with van der Waals surface area (Å²) in [4.78, 5) is 14.6. The van der Waals surface area contributed by atoms with Gasteiger partial charge in [0.15, 0.2) is 0 Å². The second kappa shape index (κ2) is 6.38. The predicted octanol–water partition coefficient (Wildman–Crippen LogP) is 2.34. The van der Waals surface area contributed by atoms with Crippen LogP contribution < -0.4 is 5.32 Å². The fourth-order valence-corrected chi connectivity index (χ4v) is 2.16. The molecule has 1 atom stereocenters. The molecule has 1 aliphatic heterocycles. The highest BCUT2D eigenvalue weighted by Gasteiger charge is 2.11. The minimum absolute atomic E-state index is 0.105. The standard InChI is InChI=1S/C13H15N3O2S/c1-19-12-8-14-13(15-9-12)7-4-10-2-5-11(6-3-10)16(17)18/h2-7,12H,8-9H2,1H3,(H,14,15). The molecule has 0 radical (unpaired) electrons. The van der Waals surface area contributed by atoms with Crippen LogP contribution >= 0.6 is 11.8 Å². The van der Waals surface area contributed by atoms with Gasteiger partial charge < -0.3 is 5.32 Å². The summed E-state index contributed by atoms with van der Waals surface area (Å²) in [6.45, 7) is 1.75. The second-order valence-electron chi connectivity index (χ2n) is 4.15. The Morgan fingerprint density at radius 3 is 2.68 bits per heavy atom. The zero-order valence-corrected chi connectivity index (χ0v) is 11.4. The average Bonchev–Trinajstić information content (AvgIpc) is 2.46. The lowest BCUT2D eigenvalue weighted by atomic mass is 10.2. The van der Waals surface area contributed by atoms with E-state index < -0.39 is 4.92 Å². The summed E-state index contributed by atoms with van der Waals surface area (Å²) >= 11 is 1.81. The van der Waals surface area contributed by atoms with E-state index in [4.69, 9.17) is 0 Å². The SMILES string of the molecule is CSC1CN=C(C=Cc2ccc([N+](=O)[O-])cc2)NC1. The van der Waals surface area contributed by atoms with E-state index >= 15 is 0 Å². The molecule has 0 fully saturated rings. The molecule has 1 aromatic carbocycles. The fraction of sp³-hybridized carbons (Fsp3) is 0.308. The number of nitro benzene ring substituents is 1. The number of thioether (sulfide) groups is 1. The Morgan fingerprint density at radius 1 is 1.42 bits per heavy atom. The smallest absolute Gasteiger partial charge is 0.269 e. The molecule has 5 nitrogen and oxygen atoms in total. The van der Waals surface area contributed by atoms with Gasteiger partial charge in [0.1, 0.15) is 5.84 Å². The Morgan fingerprint density at radius 2 is 2.16 bits per heavy atom. The van der Waals surface area contributed by atoms with Crippen molar-refractivity contribution in [1.29, 1.82) is 0 Å². The number of hydrogen-bond acceptors (Lipinski definition) is 5. The van der Waals surface area contributed by atoms with Crippen molar-refractivity contribution >= 4 is 29.4 Å².